The maximum atomic E-state index is 12.4. The summed E-state index contributed by atoms with van der Waals surface area (Å²) in [6.45, 7) is 0.762. The zero-order valence-electron chi connectivity index (χ0n) is 16.1. The molecule has 160 valence electrons. The second-order valence-corrected chi connectivity index (χ2v) is 6.61. The Morgan fingerprint density at radius 3 is 2.87 bits per heavy atom. The van der Waals surface area contributed by atoms with E-state index in [2.05, 4.69) is 20.4 Å². The highest BCUT2D eigenvalue weighted by atomic mass is 19.4. The number of fused-ring (bicyclic) bond motifs is 1. The number of hydrogen-bond donors (Lipinski definition) is 2. The summed E-state index contributed by atoms with van der Waals surface area (Å²) in [5.41, 5.74) is 1.91. The lowest BCUT2D eigenvalue weighted by atomic mass is 10.2. The molecule has 0 bridgehead atoms. The van der Waals surface area contributed by atoms with Crippen LogP contribution in [0, 0.1) is 6.92 Å². The second-order valence-electron chi connectivity index (χ2n) is 6.61. The van der Waals surface area contributed by atoms with Gasteiger partial charge in [-0.2, -0.15) is 18.3 Å². The third-order valence-electron chi connectivity index (χ3n) is 4.03. The molecule has 0 aliphatic carbocycles. The molecule has 8 nitrogen and oxygen atoms in total. The Hall–Kier alpha value is -3.21. The summed E-state index contributed by atoms with van der Waals surface area (Å²) in [4.78, 5) is 20.4. The Balaban J connectivity index is 1.80. The van der Waals surface area contributed by atoms with Gasteiger partial charge in [0.15, 0.2) is 6.61 Å². The molecule has 2 N–H and O–H groups in total. The van der Waals surface area contributed by atoms with E-state index in [9.17, 15) is 18.0 Å². The van der Waals surface area contributed by atoms with Gasteiger partial charge < -0.3 is 15.2 Å². The normalized spacial score (nSPS) is 11.6. The molecule has 30 heavy (non-hydrogen) atoms. The SMILES string of the molecule is Cc1cc(Cn2cc3c(C(=O)NCCCO)nccc3n2)cc(OCC(F)(F)F)n1. The van der Waals surface area contributed by atoms with Gasteiger partial charge in [-0.05, 0) is 31.0 Å². The summed E-state index contributed by atoms with van der Waals surface area (Å²) in [6.07, 6.45) is -0.900. The van der Waals surface area contributed by atoms with Crippen molar-refractivity contribution in [2.45, 2.75) is 26.1 Å². The van der Waals surface area contributed by atoms with Gasteiger partial charge in [0.25, 0.3) is 5.91 Å². The highest BCUT2D eigenvalue weighted by Crippen LogP contribution is 2.20. The number of carbonyl (C=O) groups excluding carboxylic acids is 1. The molecule has 3 rings (SSSR count). The van der Waals surface area contributed by atoms with E-state index in [1.807, 2.05) is 0 Å². The Labute approximate surface area is 169 Å². The molecule has 11 heteroatoms. The lowest BCUT2D eigenvalue weighted by Crippen LogP contribution is -2.26. The van der Waals surface area contributed by atoms with Gasteiger partial charge in [0.1, 0.15) is 5.69 Å². The third-order valence-corrected chi connectivity index (χ3v) is 4.03. The summed E-state index contributed by atoms with van der Waals surface area (Å²) in [6, 6.07) is 4.80. The predicted octanol–water partition coefficient (Wildman–Crippen LogP) is 2.24. The van der Waals surface area contributed by atoms with Gasteiger partial charge in [-0.15, -0.1) is 0 Å². The van der Waals surface area contributed by atoms with Crippen molar-refractivity contribution >= 4 is 16.8 Å². The van der Waals surface area contributed by atoms with Crippen molar-refractivity contribution in [2.75, 3.05) is 19.8 Å². The number of nitrogens with one attached hydrogen (secondary N) is 1. The molecule has 0 saturated carbocycles. The highest BCUT2D eigenvalue weighted by Gasteiger charge is 2.28. The molecule has 3 heterocycles. The van der Waals surface area contributed by atoms with Crippen LogP contribution in [0.4, 0.5) is 13.2 Å². The smallest absolute Gasteiger partial charge is 0.422 e. The van der Waals surface area contributed by atoms with Gasteiger partial charge in [-0.1, -0.05) is 0 Å². The fourth-order valence-corrected chi connectivity index (χ4v) is 2.84. The van der Waals surface area contributed by atoms with Crippen molar-refractivity contribution in [1.29, 1.82) is 0 Å². The number of aromatic nitrogens is 4. The average Bonchev–Trinajstić information content (AvgIpc) is 3.07. The van der Waals surface area contributed by atoms with Gasteiger partial charge >= 0.3 is 6.18 Å². The molecule has 3 aromatic heterocycles. The van der Waals surface area contributed by atoms with Crippen molar-refractivity contribution in [3.05, 3.63) is 47.5 Å². The first kappa shape index (κ1) is 21.5. The quantitative estimate of drug-likeness (QED) is 0.539. The Kier molecular flexibility index (Phi) is 6.50. The van der Waals surface area contributed by atoms with E-state index in [-0.39, 0.29) is 30.6 Å². The lowest BCUT2D eigenvalue weighted by Gasteiger charge is -2.10. The van der Waals surface area contributed by atoms with Gasteiger partial charge in [0.05, 0.1) is 17.4 Å². The summed E-state index contributed by atoms with van der Waals surface area (Å²) < 4.78 is 43.5. The molecule has 1 amide bonds. The van der Waals surface area contributed by atoms with E-state index >= 15 is 0 Å². The van der Waals surface area contributed by atoms with Crippen molar-refractivity contribution in [3.63, 3.8) is 0 Å². The summed E-state index contributed by atoms with van der Waals surface area (Å²) in [5.74, 6) is -0.499. The monoisotopic (exact) mass is 423 g/mol. The number of rotatable bonds is 8. The molecule has 3 aromatic rings. The topological polar surface area (TPSA) is 102 Å². The van der Waals surface area contributed by atoms with Gasteiger partial charge in [-0.25, -0.2) is 4.98 Å². The van der Waals surface area contributed by atoms with Crippen LogP contribution in [0.5, 0.6) is 5.88 Å². The number of alkyl halides is 3. The van der Waals surface area contributed by atoms with Crippen molar-refractivity contribution in [3.8, 4) is 5.88 Å². The number of hydrogen-bond acceptors (Lipinski definition) is 6. The summed E-state index contributed by atoms with van der Waals surface area (Å²) in [7, 11) is 0. The number of nitrogens with zero attached hydrogens (tertiary/aromatic N) is 4. The number of ether oxygens (including phenoxy) is 1. The third kappa shape index (κ3) is 5.66. The number of aryl methyl sites for hydroxylation is 1. The van der Waals surface area contributed by atoms with Crippen LogP contribution in [0.3, 0.4) is 0 Å². The predicted molar refractivity (Wildman–Crippen MR) is 101 cm³/mol. The second kappa shape index (κ2) is 9.08. The fourth-order valence-electron chi connectivity index (χ4n) is 2.84. The molecular formula is C19H20F3N5O3. The molecule has 0 atom stereocenters. The molecule has 0 spiro atoms. The highest BCUT2D eigenvalue weighted by molar-refractivity contribution is 6.04. The summed E-state index contributed by atoms with van der Waals surface area (Å²) in [5, 5.41) is 16.5. The molecule has 0 radical (unpaired) electrons. The van der Waals surface area contributed by atoms with E-state index < -0.39 is 12.8 Å². The average molecular weight is 423 g/mol. The minimum Gasteiger partial charge on any atom is -0.468 e. The van der Waals surface area contributed by atoms with Gasteiger partial charge in [0.2, 0.25) is 5.88 Å². The van der Waals surface area contributed by atoms with Crippen LogP contribution in [-0.4, -0.2) is 56.7 Å². The molecule has 0 unspecified atom stereocenters. The van der Waals surface area contributed by atoms with Crippen LogP contribution >= 0.6 is 0 Å². The minimum atomic E-state index is -4.45. The first-order valence-electron chi connectivity index (χ1n) is 9.13. The summed E-state index contributed by atoms with van der Waals surface area (Å²) >= 11 is 0. The maximum Gasteiger partial charge on any atom is 0.422 e. The van der Waals surface area contributed by atoms with E-state index in [0.717, 1.165) is 0 Å². The fraction of sp³-hybridized carbons (Fsp3) is 0.368. The number of halogens is 3. The van der Waals surface area contributed by atoms with Crippen molar-refractivity contribution in [1.82, 2.24) is 25.1 Å². The van der Waals surface area contributed by atoms with Crippen LogP contribution in [0.15, 0.2) is 30.6 Å². The van der Waals surface area contributed by atoms with Crippen molar-refractivity contribution < 1.29 is 27.8 Å². The van der Waals surface area contributed by atoms with E-state index in [1.165, 1.54) is 12.3 Å². The van der Waals surface area contributed by atoms with Gasteiger partial charge in [0, 0.05) is 37.3 Å². The standard InChI is InChI=1S/C19H20F3N5O3/c1-12-7-13(8-16(25-12)30-11-19(20,21)22)9-27-10-14-15(26-27)3-5-23-17(14)18(29)24-4-2-6-28/h3,5,7-8,10,28H,2,4,6,9,11H2,1H3,(H,24,29). The van der Waals surface area contributed by atoms with Crippen LogP contribution < -0.4 is 10.1 Å². The Morgan fingerprint density at radius 1 is 1.33 bits per heavy atom. The minimum absolute atomic E-state index is 0.0319. The van der Waals surface area contributed by atoms with Crippen LogP contribution in [0.25, 0.3) is 10.9 Å². The number of amides is 1. The molecule has 0 aromatic carbocycles. The van der Waals surface area contributed by atoms with Crippen molar-refractivity contribution in [2.24, 2.45) is 0 Å². The van der Waals surface area contributed by atoms with Crippen LogP contribution in [-0.2, 0) is 6.54 Å². The van der Waals surface area contributed by atoms with E-state index in [0.29, 0.717) is 35.1 Å². The number of carbonyl (C=O) groups is 1. The first-order chi connectivity index (χ1) is 14.2. The van der Waals surface area contributed by atoms with E-state index in [1.54, 1.807) is 29.9 Å². The Bertz CT molecular complexity index is 1040. The lowest BCUT2D eigenvalue weighted by molar-refractivity contribution is -0.154. The first-order valence-corrected chi connectivity index (χ1v) is 9.13. The van der Waals surface area contributed by atoms with Crippen LogP contribution in [0.2, 0.25) is 0 Å². The zero-order valence-corrected chi connectivity index (χ0v) is 16.1. The molecule has 0 fully saturated rings. The number of aliphatic hydroxyl groups is 1. The molecule has 0 saturated heterocycles. The Morgan fingerprint density at radius 2 is 2.13 bits per heavy atom. The number of pyridine rings is 2. The van der Waals surface area contributed by atoms with Gasteiger partial charge in [-0.3, -0.25) is 14.5 Å². The largest absolute Gasteiger partial charge is 0.468 e. The molecular weight excluding hydrogens is 403 g/mol. The van der Waals surface area contributed by atoms with E-state index in [4.69, 9.17) is 9.84 Å². The maximum absolute atomic E-state index is 12.4. The zero-order chi connectivity index (χ0) is 21.7. The number of aliphatic hydroxyl groups excluding tert-OH is 1. The molecule has 0 aliphatic heterocycles. The van der Waals surface area contributed by atoms with Crippen LogP contribution in [0.1, 0.15) is 28.2 Å². The molecule has 0 aliphatic rings.